The van der Waals surface area contributed by atoms with Gasteiger partial charge in [-0.25, -0.2) is 4.98 Å². The molecule has 6 heteroatoms. The Hall–Kier alpha value is -3.28. The molecule has 2 atom stereocenters. The molecule has 0 radical (unpaired) electrons. The highest BCUT2D eigenvalue weighted by Crippen LogP contribution is 2.40. The number of pyridine rings is 2. The molecule has 0 spiro atoms. The summed E-state index contributed by atoms with van der Waals surface area (Å²) >= 11 is 0. The number of hydrogen-bond donors (Lipinski definition) is 1. The second-order valence-corrected chi connectivity index (χ2v) is 7.96. The van der Waals surface area contributed by atoms with E-state index in [0.717, 1.165) is 30.6 Å². The largest absolute Gasteiger partial charge is 0.338 e. The van der Waals surface area contributed by atoms with E-state index in [1.807, 2.05) is 29.4 Å². The minimum atomic E-state index is 0.00388. The third-order valence-corrected chi connectivity index (χ3v) is 6.04. The molecule has 29 heavy (non-hydrogen) atoms. The molecule has 3 aliphatic rings. The molecule has 5 rings (SSSR count). The first-order chi connectivity index (χ1) is 14.2. The van der Waals surface area contributed by atoms with E-state index >= 15 is 0 Å². The minimum Gasteiger partial charge on any atom is -0.338 e. The van der Waals surface area contributed by atoms with Crippen LogP contribution < -0.4 is 5.32 Å². The Balaban J connectivity index is 1.23. The van der Waals surface area contributed by atoms with Crippen molar-refractivity contribution in [3.63, 3.8) is 0 Å². The number of carbonyl (C=O) groups is 2. The van der Waals surface area contributed by atoms with Crippen molar-refractivity contribution in [2.24, 2.45) is 11.8 Å². The van der Waals surface area contributed by atoms with Crippen LogP contribution in [-0.4, -0.2) is 39.8 Å². The average molecular weight is 386 g/mol. The number of aryl methyl sites for hydroxylation is 1. The first kappa shape index (κ1) is 17.8. The van der Waals surface area contributed by atoms with Gasteiger partial charge in [-0.2, -0.15) is 0 Å². The number of likely N-dealkylation sites (tertiary alicyclic amines) is 1. The Bertz CT molecular complexity index is 1030. The Morgan fingerprint density at radius 2 is 2.07 bits per heavy atom. The topological polar surface area (TPSA) is 75.2 Å². The summed E-state index contributed by atoms with van der Waals surface area (Å²) in [5.41, 5.74) is 4.51. The van der Waals surface area contributed by atoms with Crippen LogP contribution in [0, 0.1) is 11.8 Å². The molecule has 0 saturated carbocycles. The van der Waals surface area contributed by atoms with Gasteiger partial charge in [-0.05, 0) is 71.2 Å². The Morgan fingerprint density at radius 1 is 1.21 bits per heavy atom. The predicted molar refractivity (Wildman–Crippen MR) is 111 cm³/mol. The second-order valence-electron chi connectivity index (χ2n) is 7.96. The van der Waals surface area contributed by atoms with Crippen molar-refractivity contribution >= 4 is 29.3 Å². The van der Waals surface area contributed by atoms with Crippen LogP contribution in [0.4, 0.5) is 5.82 Å². The lowest BCUT2D eigenvalue weighted by atomic mass is 9.99. The molecule has 146 valence electrons. The van der Waals surface area contributed by atoms with E-state index < -0.39 is 0 Å². The molecular weight excluding hydrogens is 364 g/mol. The Morgan fingerprint density at radius 3 is 2.90 bits per heavy atom. The van der Waals surface area contributed by atoms with Crippen molar-refractivity contribution in [2.45, 2.75) is 19.3 Å². The zero-order valence-corrected chi connectivity index (χ0v) is 16.0. The third-order valence-electron chi connectivity index (χ3n) is 6.04. The molecule has 1 saturated heterocycles. The van der Waals surface area contributed by atoms with Crippen molar-refractivity contribution in [3.8, 4) is 0 Å². The van der Waals surface area contributed by atoms with E-state index in [2.05, 4.69) is 33.5 Å². The van der Waals surface area contributed by atoms with Gasteiger partial charge >= 0.3 is 0 Å². The first-order valence-electron chi connectivity index (χ1n) is 10.0. The van der Waals surface area contributed by atoms with Gasteiger partial charge in [-0.3, -0.25) is 14.6 Å². The summed E-state index contributed by atoms with van der Waals surface area (Å²) in [7, 11) is 0. The highest BCUT2D eigenvalue weighted by Gasteiger charge is 2.37. The summed E-state index contributed by atoms with van der Waals surface area (Å²) in [4.78, 5) is 34.4. The molecule has 1 fully saturated rings. The second kappa shape index (κ2) is 7.28. The van der Waals surface area contributed by atoms with E-state index in [9.17, 15) is 9.59 Å². The van der Waals surface area contributed by atoms with Crippen molar-refractivity contribution in [2.75, 3.05) is 18.4 Å². The Kier molecular flexibility index (Phi) is 4.46. The van der Waals surface area contributed by atoms with Gasteiger partial charge in [0.15, 0.2) is 0 Å². The van der Waals surface area contributed by atoms with E-state index in [1.165, 1.54) is 11.1 Å². The van der Waals surface area contributed by atoms with Gasteiger partial charge in [0.25, 0.3) is 0 Å². The molecule has 4 heterocycles. The third kappa shape index (κ3) is 3.58. The maximum atomic E-state index is 12.7. The van der Waals surface area contributed by atoms with Gasteiger partial charge < -0.3 is 10.2 Å². The van der Waals surface area contributed by atoms with Gasteiger partial charge in [0, 0.05) is 44.2 Å². The van der Waals surface area contributed by atoms with Gasteiger partial charge in [0.2, 0.25) is 11.8 Å². The predicted octanol–water partition coefficient (Wildman–Crippen LogP) is 2.94. The number of nitrogens with zero attached hydrogens (tertiary/aromatic N) is 3. The van der Waals surface area contributed by atoms with Crippen LogP contribution in [0.15, 0.2) is 48.9 Å². The summed E-state index contributed by atoms with van der Waals surface area (Å²) < 4.78 is 0. The molecule has 2 aliphatic heterocycles. The number of fused-ring (bicyclic) bond motifs is 2. The fraction of sp³-hybridized carbons (Fsp3) is 0.304. The lowest BCUT2D eigenvalue weighted by molar-refractivity contribution is -0.125. The number of aromatic nitrogens is 2. The lowest BCUT2D eigenvalue weighted by Crippen LogP contribution is -2.27. The van der Waals surface area contributed by atoms with Crippen molar-refractivity contribution in [3.05, 3.63) is 65.6 Å². The van der Waals surface area contributed by atoms with Gasteiger partial charge in [-0.1, -0.05) is 6.08 Å². The summed E-state index contributed by atoms with van der Waals surface area (Å²) in [6, 6.07) is 6.10. The summed E-state index contributed by atoms with van der Waals surface area (Å²) in [6.07, 6.45) is 13.3. The normalized spacial score (nSPS) is 23.0. The SMILES string of the molecule is O=C1CCc2cc(C=CC(=O)N3C[C@@H]4CC(c5ccncc5)=C[C@@H]4C3)cnc2N1. The van der Waals surface area contributed by atoms with E-state index in [1.54, 1.807) is 12.3 Å². The highest BCUT2D eigenvalue weighted by atomic mass is 16.2. The fourth-order valence-corrected chi connectivity index (χ4v) is 4.51. The lowest BCUT2D eigenvalue weighted by Gasteiger charge is -2.16. The highest BCUT2D eigenvalue weighted by molar-refractivity contribution is 5.94. The standard InChI is InChI=1S/C23H22N4O2/c28-21-3-2-17-9-15(12-25-23(17)26-21)1-4-22(29)27-13-19-10-18(11-20(19)14-27)16-5-7-24-8-6-16/h1,4-10,12,19-20H,2-3,11,13-14H2,(H,25,26,28)/t19-,20+/m1/s1. The van der Waals surface area contributed by atoms with Crippen LogP contribution in [0.5, 0.6) is 0 Å². The van der Waals surface area contributed by atoms with Crippen LogP contribution in [0.3, 0.4) is 0 Å². The fourth-order valence-electron chi connectivity index (χ4n) is 4.51. The van der Waals surface area contributed by atoms with Crippen LogP contribution in [0.2, 0.25) is 0 Å². The first-order valence-corrected chi connectivity index (χ1v) is 10.0. The van der Waals surface area contributed by atoms with Gasteiger partial charge in [0.05, 0.1) is 0 Å². The molecular formula is C23H22N4O2. The zero-order chi connectivity index (χ0) is 19.8. The minimum absolute atomic E-state index is 0.00388. The zero-order valence-electron chi connectivity index (χ0n) is 16.0. The molecule has 6 nitrogen and oxygen atoms in total. The molecule has 2 amide bonds. The smallest absolute Gasteiger partial charge is 0.246 e. The molecule has 0 aromatic carbocycles. The maximum Gasteiger partial charge on any atom is 0.246 e. The van der Waals surface area contributed by atoms with Gasteiger partial charge in [-0.15, -0.1) is 0 Å². The molecule has 1 N–H and O–H groups in total. The van der Waals surface area contributed by atoms with Crippen molar-refractivity contribution in [1.82, 2.24) is 14.9 Å². The summed E-state index contributed by atoms with van der Waals surface area (Å²) in [5, 5.41) is 2.78. The van der Waals surface area contributed by atoms with Crippen LogP contribution in [0.25, 0.3) is 11.6 Å². The van der Waals surface area contributed by atoms with Crippen molar-refractivity contribution < 1.29 is 9.59 Å². The maximum absolute atomic E-state index is 12.7. The quantitative estimate of drug-likeness (QED) is 0.823. The number of nitrogens with one attached hydrogen (secondary N) is 1. The molecule has 0 bridgehead atoms. The summed E-state index contributed by atoms with van der Waals surface area (Å²) in [6.45, 7) is 1.57. The van der Waals surface area contributed by atoms with Gasteiger partial charge in [0.1, 0.15) is 5.82 Å². The average Bonchev–Trinajstić information content (AvgIpc) is 3.32. The number of carbonyl (C=O) groups excluding carboxylic acids is 2. The Labute approximate surface area is 169 Å². The molecule has 0 unspecified atom stereocenters. The van der Waals surface area contributed by atoms with Crippen LogP contribution in [-0.2, 0) is 16.0 Å². The molecule has 1 aliphatic carbocycles. The van der Waals surface area contributed by atoms with Crippen LogP contribution in [0.1, 0.15) is 29.5 Å². The van der Waals surface area contributed by atoms with E-state index in [4.69, 9.17) is 0 Å². The van der Waals surface area contributed by atoms with E-state index in [-0.39, 0.29) is 11.8 Å². The van der Waals surface area contributed by atoms with E-state index in [0.29, 0.717) is 30.5 Å². The number of hydrogen-bond acceptors (Lipinski definition) is 4. The number of amides is 2. The monoisotopic (exact) mass is 386 g/mol. The molecule has 2 aromatic rings. The number of rotatable bonds is 3. The van der Waals surface area contributed by atoms with Crippen LogP contribution >= 0.6 is 0 Å². The summed E-state index contributed by atoms with van der Waals surface area (Å²) in [5.74, 6) is 1.62. The molecule has 2 aromatic heterocycles. The number of anilines is 1. The number of allylic oxidation sites excluding steroid dienone is 1. The van der Waals surface area contributed by atoms with Crippen molar-refractivity contribution in [1.29, 1.82) is 0 Å².